The molecule has 1 nitrogen and oxygen atoms in total. The van der Waals surface area contributed by atoms with Crippen molar-refractivity contribution in [3.63, 3.8) is 0 Å². The smallest absolute Gasteiger partial charge is 0.124 e. The monoisotopic (exact) mass is 315 g/mol. The molecule has 0 spiro atoms. The highest BCUT2D eigenvalue weighted by molar-refractivity contribution is 9.10. The molecule has 0 amide bonds. The molecule has 18 heavy (non-hydrogen) atoms. The summed E-state index contributed by atoms with van der Waals surface area (Å²) in [5.41, 5.74) is 1.19. The fraction of sp³-hybridized carbons (Fsp3) is 0.600. The van der Waals surface area contributed by atoms with Gasteiger partial charge < -0.3 is 5.32 Å². The first-order chi connectivity index (χ1) is 8.30. The van der Waals surface area contributed by atoms with E-state index in [0.717, 1.165) is 29.4 Å². The normalized spacial score (nSPS) is 13.7. The summed E-state index contributed by atoms with van der Waals surface area (Å²) < 4.78 is 14.1. The van der Waals surface area contributed by atoms with Crippen LogP contribution in [-0.4, -0.2) is 12.1 Å². The lowest BCUT2D eigenvalue weighted by Gasteiger charge is -2.25. The summed E-state index contributed by atoms with van der Waals surface area (Å²) in [5, 5.41) is 3.52. The van der Waals surface area contributed by atoms with Crippen molar-refractivity contribution in [3.8, 4) is 0 Å². The van der Waals surface area contributed by atoms with Gasteiger partial charge >= 0.3 is 0 Å². The average Bonchev–Trinajstić information content (AvgIpc) is 2.21. The van der Waals surface area contributed by atoms with Crippen LogP contribution in [-0.2, 0) is 6.42 Å². The van der Waals surface area contributed by atoms with Crippen molar-refractivity contribution in [2.24, 2.45) is 5.92 Å². The molecule has 0 bridgehead atoms. The summed E-state index contributed by atoms with van der Waals surface area (Å²) in [6.07, 6.45) is 2.01. The summed E-state index contributed by atoms with van der Waals surface area (Å²) in [6.45, 7) is 9.65. The molecule has 0 radical (unpaired) electrons. The minimum absolute atomic E-state index is 0.135. The molecule has 0 saturated heterocycles. The summed E-state index contributed by atoms with van der Waals surface area (Å²) in [4.78, 5) is 0. The van der Waals surface area contributed by atoms with Crippen molar-refractivity contribution < 1.29 is 4.39 Å². The summed E-state index contributed by atoms with van der Waals surface area (Å²) >= 11 is 3.34. The molecule has 0 aromatic heterocycles. The first kappa shape index (κ1) is 15.6. The Kier molecular flexibility index (Phi) is 5.80. The zero-order chi connectivity index (χ0) is 13.8. The molecule has 1 N–H and O–H groups in total. The molecule has 0 heterocycles. The Morgan fingerprint density at radius 2 is 1.94 bits per heavy atom. The average molecular weight is 316 g/mol. The second kappa shape index (κ2) is 6.67. The predicted octanol–water partition coefficient (Wildman–Crippen LogP) is 4.55. The van der Waals surface area contributed by atoms with Gasteiger partial charge in [0, 0.05) is 10.0 Å². The van der Waals surface area contributed by atoms with E-state index in [9.17, 15) is 4.39 Å². The second-order valence-electron chi connectivity index (χ2n) is 5.89. The third-order valence-corrected chi connectivity index (χ3v) is 3.40. The van der Waals surface area contributed by atoms with E-state index in [4.69, 9.17) is 0 Å². The van der Waals surface area contributed by atoms with Gasteiger partial charge in [-0.3, -0.25) is 0 Å². The number of hydrogen-bond donors (Lipinski definition) is 1. The number of nitrogens with one attached hydrogen (secondary N) is 1. The van der Waals surface area contributed by atoms with Crippen LogP contribution >= 0.6 is 15.9 Å². The Bertz CT molecular complexity index is 364. The minimum atomic E-state index is -0.169. The van der Waals surface area contributed by atoms with Gasteiger partial charge in [0.1, 0.15) is 5.82 Å². The topological polar surface area (TPSA) is 12.0 Å². The summed E-state index contributed by atoms with van der Waals surface area (Å²) in [5.74, 6) is 0.371. The van der Waals surface area contributed by atoms with E-state index in [-0.39, 0.29) is 11.4 Å². The molecule has 102 valence electrons. The van der Waals surface area contributed by atoms with Crippen LogP contribution in [0.25, 0.3) is 0 Å². The van der Waals surface area contributed by atoms with E-state index in [2.05, 4.69) is 48.9 Å². The van der Waals surface area contributed by atoms with E-state index in [1.165, 1.54) is 6.07 Å². The summed E-state index contributed by atoms with van der Waals surface area (Å²) in [7, 11) is 0. The maximum atomic E-state index is 13.3. The van der Waals surface area contributed by atoms with Crippen LogP contribution in [0.2, 0.25) is 0 Å². The number of benzene rings is 1. The van der Waals surface area contributed by atoms with Crippen molar-refractivity contribution in [1.82, 2.24) is 5.32 Å². The van der Waals surface area contributed by atoms with E-state index in [0.29, 0.717) is 5.92 Å². The Balaban J connectivity index is 2.62. The number of rotatable bonds is 5. The van der Waals surface area contributed by atoms with Crippen molar-refractivity contribution in [2.45, 2.75) is 46.1 Å². The Morgan fingerprint density at radius 1 is 1.28 bits per heavy atom. The van der Waals surface area contributed by atoms with Gasteiger partial charge in [-0.05, 0) is 63.4 Å². The molecule has 0 aliphatic carbocycles. The maximum absolute atomic E-state index is 13.3. The van der Waals surface area contributed by atoms with Gasteiger partial charge in [0.2, 0.25) is 0 Å². The Labute approximate surface area is 118 Å². The fourth-order valence-corrected chi connectivity index (χ4v) is 2.39. The summed E-state index contributed by atoms with van der Waals surface area (Å²) in [6, 6.07) is 5.13. The molecule has 3 heteroatoms. The van der Waals surface area contributed by atoms with Gasteiger partial charge in [0.05, 0.1) is 0 Å². The van der Waals surface area contributed by atoms with E-state index < -0.39 is 0 Å². The fourth-order valence-electron chi connectivity index (χ4n) is 1.87. The van der Waals surface area contributed by atoms with Gasteiger partial charge in [0.25, 0.3) is 0 Å². The lowest BCUT2D eigenvalue weighted by Crippen LogP contribution is -2.39. The standard InChI is InChI=1S/C15H23BrFN/c1-5-11(10-18-15(2,3)4)6-12-7-13(16)9-14(17)8-12/h7-9,11,18H,5-6,10H2,1-4H3. The quantitative estimate of drug-likeness (QED) is 0.840. The van der Waals surface area contributed by atoms with Crippen molar-refractivity contribution in [2.75, 3.05) is 6.54 Å². The van der Waals surface area contributed by atoms with Gasteiger partial charge in [-0.15, -0.1) is 0 Å². The molecular weight excluding hydrogens is 293 g/mol. The van der Waals surface area contributed by atoms with Crippen LogP contribution in [0.1, 0.15) is 39.7 Å². The Morgan fingerprint density at radius 3 is 2.44 bits per heavy atom. The predicted molar refractivity (Wildman–Crippen MR) is 79.3 cm³/mol. The van der Waals surface area contributed by atoms with Crippen molar-refractivity contribution >= 4 is 15.9 Å². The van der Waals surface area contributed by atoms with Crippen LogP contribution in [0.5, 0.6) is 0 Å². The molecule has 1 rings (SSSR count). The molecule has 0 saturated carbocycles. The van der Waals surface area contributed by atoms with E-state index in [1.54, 1.807) is 6.07 Å². The molecular formula is C15H23BrFN. The zero-order valence-corrected chi connectivity index (χ0v) is 13.3. The SMILES string of the molecule is CCC(CNC(C)(C)C)Cc1cc(F)cc(Br)c1. The third-order valence-electron chi connectivity index (χ3n) is 2.95. The highest BCUT2D eigenvalue weighted by Crippen LogP contribution is 2.19. The van der Waals surface area contributed by atoms with Crippen molar-refractivity contribution in [3.05, 3.63) is 34.1 Å². The third kappa shape index (κ3) is 5.96. The van der Waals surface area contributed by atoms with Crippen LogP contribution in [0.15, 0.2) is 22.7 Å². The molecule has 1 aromatic rings. The minimum Gasteiger partial charge on any atom is -0.312 e. The van der Waals surface area contributed by atoms with Gasteiger partial charge in [-0.1, -0.05) is 29.3 Å². The van der Waals surface area contributed by atoms with Crippen molar-refractivity contribution in [1.29, 1.82) is 0 Å². The largest absolute Gasteiger partial charge is 0.312 e. The van der Waals surface area contributed by atoms with Gasteiger partial charge in [0.15, 0.2) is 0 Å². The van der Waals surface area contributed by atoms with Crippen LogP contribution in [0, 0.1) is 11.7 Å². The first-order valence-electron chi connectivity index (χ1n) is 6.50. The molecule has 1 unspecified atom stereocenters. The molecule has 0 aliphatic rings. The zero-order valence-electron chi connectivity index (χ0n) is 11.7. The number of halogens is 2. The second-order valence-corrected chi connectivity index (χ2v) is 6.80. The highest BCUT2D eigenvalue weighted by atomic mass is 79.9. The van der Waals surface area contributed by atoms with E-state index in [1.807, 2.05) is 6.07 Å². The molecule has 0 aliphatic heterocycles. The lowest BCUT2D eigenvalue weighted by molar-refractivity contribution is 0.363. The molecule has 0 fully saturated rings. The van der Waals surface area contributed by atoms with Crippen LogP contribution in [0.4, 0.5) is 4.39 Å². The van der Waals surface area contributed by atoms with E-state index >= 15 is 0 Å². The Hall–Kier alpha value is -0.410. The molecule has 1 atom stereocenters. The van der Waals surface area contributed by atoms with Crippen LogP contribution in [0.3, 0.4) is 0 Å². The highest BCUT2D eigenvalue weighted by Gasteiger charge is 2.14. The van der Waals surface area contributed by atoms with Gasteiger partial charge in [-0.25, -0.2) is 4.39 Å². The maximum Gasteiger partial charge on any atom is 0.124 e. The number of hydrogen-bond acceptors (Lipinski definition) is 1. The first-order valence-corrected chi connectivity index (χ1v) is 7.29. The van der Waals surface area contributed by atoms with Gasteiger partial charge in [-0.2, -0.15) is 0 Å². The lowest BCUT2D eigenvalue weighted by atomic mass is 9.95. The molecule has 1 aromatic carbocycles. The van der Waals surface area contributed by atoms with Crippen LogP contribution < -0.4 is 5.32 Å².